The molecule has 2 aromatic heterocycles. The molecular formula is C25H28N4O3. The summed E-state index contributed by atoms with van der Waals surface area (Å²) >= 11 is 0. The Morgan fingerprint density at radius 3 is 2.62 bits per heavy atom. The van der Waals surface area contributed by atoms with Gasteiger partial charge in [0.1, 0.15) is 5.82 Å². The molecule has 2 N–H and O–H groups in total. The highest BCUT2D eigenvalue weighted by atomic mass is 16.5. The quantitative estimate of drug-likeness (QED) is 0.596. The minimum absolute atomic E-state index is 0.0225. The average Bonchev–Trinajstić information content (AvgIpc) is 2.84. The van der Waals surface area contributed by atoms with Gasteiger partial charge in [-0.3, -0.25) is 14.6 Å². The Morgan fingerprint density at radius 1 is 1.16 bits per heavy atom. The monoisotopic (exact) mass is 432 g/mol. The van der Waals surface area contributed by atoms with Gasteiger partial charge in [0, 0.05) is 43.5 Å². The summed E-state index contributed by atoms with van der Waals surface area (Å²) in [6.45, 7) is 0. The molecule has 0 unspecified atom stereocenters. The lowest BCUT2D eigenvalue weighted by molar-refractivity contribution is -0.127. The van der Waals surface area contributed by atoms with Crippen LogP contribution in [0.25, 0.3) is 11.4 Å². The fraction of sp³-hybridized carbons (Fsp3) is 0.360. The SMILES string of the molecule is COC1CCC(C(=O)N[C@H](Cc2cc(=O)[nH]c(-c3cccnc3)n2)c2ccccc2)CC1. The first kappa shape index (κ1) is 21.9. The third-order valence-corrected chi connectivity index (χ3v) is 6.04. The highest BCUT2D eigenvalue weighted by molar-refractivity contribution is 5.79. The fourth-order valence-electron chi connectivity index (χ4n) is 4.25. The second-order valence-electron chi connectivity index (χ2n) is 8.21. The van der Waals surface area contributed by atoms with Crippen LogP contribution < -0.4 is 10.9 Å². The van der Waals surface area contributed by atoms with Crippen molar-refractivity contribution < 1.29 is 9.53 Å². The Hall–Kier alpha value is -3.32. The van der Waals surface area contributed by atoms with E-state index in [2.05, 4.69) is 20.3 Å². The van der Waals surface area contributed by atoms with E-state index in [1.165, 1.54) is 6.07 Å². The normalized spacial score (nSPS) is 19.3. The summed E-state index contributed by atoms with van der Waals surface area (Å²) in [6.07, 6.45) is 7.43. The van der Waals surface area contributed by atoms with Crippen LogP contribution in [0.2, 0.25) is 0 Å². The lowest BCUT2D eigenvalue weighted by atomic mass is 9.86. The number of carbonyl (C=O) groups is 1. The highest BCUT2D eigenvalue weighted by Gasteiger charge is 2.28. The van der Waals surface area contributed by atoms with Gasteiger partial charge in [0.2, 0.25) is 5.91 Å². The molecule has 7 heteroatoms. The van der Waals surface area contributed by atoms with Crippen LogP contribution in [0, 0.1) is 5.92 Å². The molecule has 32 heavy (non-hydrogen) atoms. The molecule has 1 aromatic carbocycles. The van der Waals surface area contributed by atoms with E-state index in [1.807, 2.05) is 36.4 Å². The predicted molar refractivity (Wildman–Crippen MR) is 122 cm³/mol. The second kappa shape index (κ2) is 10.3. The van der Waals surface area contributed by atoms with Crippen LogP contribution in [0.15, 0.2) is 65.7 Å². The maximum atomic E-state index is 13.1. The molecule has 2 heterocycles. The van der Waals surface area contributed by atoms with Gasteiger partial charge in [0.05, 0.1) is 17.8 Å². The molecule has 166 valence electrons. The summed E-state index contributed by atoms with van der Waals surface area (Å²) in [4.78, 5) is 36.9. The van der Waals surface area contributed by atoms with E-state index >= 15 is 0 Å². The maximum absolute atomic E-state index is 13.1. The molecule has 0 spiro atoms. The predicted octanol–water partition coefficient (Wildman–Crippen LogP) is 3.44. The standard InChI is InChI=1S/C25H28N4O3/c1-32-21-11-9-18(10-12-21)25(31)28-22(17-6-3-2-4-7-17)14-20-15-23(30)29-24(27-20)19-8-5-13-26-16-19/h2-8,13,15-16,18,21-22H,9-12,14H2,1H3,(H,28,31)(H,27,29,30)/t18?,21?,22-/m1/s1. The van der Waals surface area contributed by atoms with Gasteiger partial charge in [-0.05, 0) is 43.4 Å². The summed E-state index contributed by atoms with van der Waals surface area (Å²) in [5.74, 6) is 0.494. The van der Waals surface area contributed by atoms with Crippen molar-refractivity contribution in [3.63, 3.8) is 0 Å². The number of carbonyl (C=O) groups excluding carboxylic acids is 1. The van der Waals surface area contributed by atoms with Crippen LogP contribution in [0.1, 0.15) is 43.0 Å². The fourth-order valence-corrected chi connectivity index (χ4v) is 4.25. The van der Waals surface area contributed by atoms with Crippen LogP contribution in [-0.4, -0.2) is 34.1 Å². The van der Waals surface area contributed by atoms with E-state index in [0.29, 0.717) is 17.9 Å². The number of methoxy groups -OCH3 is 1. The van der Waals surface area contributed by atoms with E-state index in [1.54, 1.807) is 25.6 Å². The molecule has 4 rings (SSSR count). The van der Waals surface area contributed by atoms with E-state index in [4.69, 9.17) is 4.74 Å². The van der Waals surface area contributed by atoms with Crippen LogP contribution in [0.5, 0.6) is 0 Å². The molecule has 1 atom stereocenters. The van der Waals surface area contributed by atoms with Gasteiger partial charge in [-0.15, -0.1) is 0 Å². The van der Waals surface area contributed by atoms with Gasteiger partial charge in [-0.2, -0.15) is 0 Å². The Labute approximate surface area is 187 Å². The summed E-state index contributed by atoms with van der Waals surface area (Å²) in [5, 5.41) is 3.22. The molecule has 1 amide bonds. The van der Waals surface area contributed by atoms with Gasteiger partial charge < -0.3 is 15.0 Å². The maximum Gasteiger partial charge on any atom is 0.251 e. The Kier molecular flexibility index (Phi) is 7.07. The number of pyridine rings is 1. The Morgan fingerprint density at radius 2 is 1.94 bits per heavy atom. The lowest BCUT2D eigenvalue weighted by Gasteiger charge is -2.28. The largest absolute Gasteiger partial charge is 0.381 e. The number of nitrogens with one attached hydrogen (secondary N) is 2. The van der Waals surface area contributed by atoms with Crippen molar-refractivity contribution in [2.75, 3.05) is 7.11 Å². The van der Waals surface area contributed by atoms with Gasteiger partial charge >= 0.3 is 0 Å². The Bertz CT molecular complexity index is 1080. The van der Waals surface area contributed by atoms with Crippen LogP contribution in [0.3, 0.4) is 0 Å². The van der Waals surface area contributed by atoms with Crippen molar-refractivity contribution in [3.8, 4) is 11.4 Å². The van der Waals surface area contributed by atoms with Gasteiger partial charge in [0.25, 0.3) is 5.56 Å². The number of H-pyrrole nitrogens is 1. The molecule has 0 radical (unpaired) electrons. The molecule has 1 saturated carbocycles. The van der Waals surface area contributed by atoms with Crippen molar-refractivity contribution in [1.82, 2.24) is 20.3 Å². The van der Waals surface area contributed by atoms with Crippen molar-refractivity contribution in [2.45, 2.75) is 44.2 Å². The zero-order chi connectivity index (χ0) is 22.3. The topological polar surface area (TPSA) is 97.0 Å². The minimum atomic E-state index is -0.278. The minimum Gasteiger partial charge on any atom is -0.381 e. The summed E-state index contributed by atoms with van der Waals surface area (Å²) in [6, 6.07) is 14.7. The van der Waals surface area contributed by atoms with Crippen LogP contribution in [-0.2, 0) is 16.0 Å². The number of amides is 1. The summed E-state index contributed by atoms with van der Waals surface area (Å²) in [7, 11) is 1.73. The van der Waals surface area contributed by atoms with E-state index in [0.717, 1.165) is 36.8 Å². The number of benzene rings is 1. The van der Waals surface area contributed by atoms with Crippen LogP contribution >= 0.6 is 0 Å². The number of ether oxygens (including phenoxy) is 1. The first-order valence-electron chi connectivity index (χ1n) is 11.0. The van der Waals surface area contributed by atoms with Crippen molar-refractivity contribution >= 4 is 5.91 Å². The summed E-state index contributed by atoms with van der Waals surface area (Å²) in [5.41, 5.74) is 2.10. The van der Waals surface area contributed by atoms with Gasteiger partial charge in [-0.1, -0.05) is 30.3 Å². The highest BCUT2D eigenvalue weighted by Crippen LogP contribution is 2.27. The molecule has 0 bridgehead atoms. The number of hydrogen-bond acceptors (Lipinski definition) is 5. The average molecular weight is 433 g/mol. The second-order valence-corrected chi connectivity index (χ2v) is 8.21. The molecule has 1 aliphatic rings. The van der Waals surface area contributed by atoms with E-state index in [9.17, 15) is 9.59 Å². The van der Waals surface area contributed by atoms with Gasteiger partial charge in [0.15, 0.2) is 0 Å². The zero-order valence-corrected chi connectivity index (χ0v) is 18.2. The van der Waals surface area contributed by atoms with Crippen molar-refractivity contribution in [1.29, 1.82) is 0 Å². The molecule has 1 aliphatic carbocycles. The first-order chi connectivity index (χ1) is 15.6. The number of hydrogen-bond donors (Lipinski definition) is 2. The number of aromatic nitrogens is 3. The molecular weight excluding hydrogens is 404 g/mol. The molecule has 0 saturated heterocycles. The smallest absolute Gasteiger partial charge is 0.251 e. The van der Waals surface area contributed by atoms with Gasteiger partial charge in [-0.25, -0.2) is 4.98 Å². The van der Waals surface area contributed by atoms with Crippen LogP contribution in [0.4, 0.5) is 0 Å². The lowest BCUT2D eigenvalue weighted by Crippen LogP contribution is -2.37. The zero-order valence-electron chi connectivity index (χ0n) is 18.2. The van der Waals surface area contributed by atoms with E-state index in [-0.39, 0.29) is 29.5 Å². The molecule has 3 aromatic rings. The third-order valence-electron chi connectivity index (χ3n) is 6.04. The molecule has 7 nitrogen and oxygen atoms in total. The molecule has 1 fully saturated rings. The summed E-state index contributed by atoms with van der Waals surface area (Å²) < 4.78 is 5.43. The first-order valence-corrected chi connectivity index (χ1v) is 11.0. The number of aromatic amines is 1. The Balaban J connectivity index is 1.55. The molecule has 0 aliphatic heterocycles. The van der Waals surface area contributed by atoms with Crippen molar-refractivity contribution in [3.05, 3.63) is 82.5 Å². The van der Waals surface area contributed by atoms with E-state index < -0.39 is 0 Å². The van der Waals surface area contributed by atoms with Crippen molar-refractivity contribution in [2.24, 2.45) is 5.92 Å². The number of nitrogens with zero attached hydrogens (tertiary/aromatic N) is 2. The number of rotatable bonds is 7. The third kappa shape index (κ3) is 5.48.